The summed E-state index contributed by atoms with van der Waals surface area (Å²) in [6, 6.07) is 12.7. The summed E-state index contributed by atoms with van der Waals surface area (Å²) >= 11 is 0. The van der Waals surface area contributed by atoms with Gasteiger partial charge in [0.05, 0.1) is 23.4 Å². The third-order valence-electron chi connectivity index (χ3n) is 8.12. The molecule has 3 rings (SSSR count). The van der Waals surface area contributed by atoms with Crippen LogP contribution in [0.2, 0.25) is 0 Å². The molecule has 6 nitrogen and oxygen atoms in total. The molecular weight excluding hydrogens is 543 g/mol. The number of aliphatic hydroxyl groups is 4. The lowest BCUT2D eigenvalue weighted by Crippen LogP contribution is -2.28. The zero-order chi connectivity index (χ0) is 31.7. The molecule has 0 heterocycles. The molecule has 0 radical (unpaired) electrons. The van der Waals surface area contributed by atoms with E-state index in [1.54, 1.807) is 30.4 Å². The Hall–Kier alpha value is -2.39. The Balaban J connectivity index is 0.000000300. The van der Waals surface area contributed by atoms with Crippen LogP contribution in [0.25, 0.3) is 12.2 Å². The molecule has 3 unspecified atom stereocenters. The summed E-state index contributed by atoms with van der Waals surface area (Å²) in [7, 11) is 0. The fourth-order valence-corrected chi connectivity index (χ4v) is 5.50. The molecule has 0 amide bonds. The van der Waals surface area contributed by atoms with Crippen LogP contribution in [0.4, 0.5) is 4.39 Å². The number of benzene rings is 2. The zero-order valence-corrected chi connectivity index (χ0v) is 26.2. The Kier molecular flexibility index (Phi) is 16.3. The summed E-state index contributed by atoms with van der Waals surface area (Å²) in [6.07, 6.45) is 15.9. The number of hydrogen-bond acceptors (Lipinski definition) is 6. The van der Waals surface area contributed by atoms with Crippen molar-refractivity contribution in [3.05, 3.63) is 82.7 Å². The van der Waals surface area contributed by atoms with E-state index in [2.05, 4.69) is 13.8 Å². The second kappa shape index (κ2) is 19.1. The Bertz CT molecular complexity index is 1130. The van der Waals surface area contributed by atoms with E-state index in [9.17, 15) is 24.8 Å². The molecular formula is C36H55FN2O4. The highest BCUT2D eigenvalue weighted by molar-refractivity contribution is 5.53. The van der Waals surface area contributed by atoms with Gasteiger partial charge in [-0.15, -0.1) is 0 Å². The Labute approximate surface area is 258 Å². The second-order valence-corrected chi connectivity index (χ2v) is 11.9. The van der Waals surface area contributed by atoms with Gasteiger partial charge in [0.2, 0.25) is 0 Å². The van der Waals surface area contributed by atoms with Crippen LogP contribution in [0, 0.1) is 5.82 Å². The second-order valence-electron chi connectivity index (χ2n) is 11.9. The van der Waals surface area contributed by atoms with Crippen LogP contribution in [0.5, 0.6) is 0 Å². The van der Waals surface area contributed by atoms with Crippen LogP contribution in [0.3, 0.4) is 0 Å². The minimum Gasteiger partial charge on any atom is -0.388 e. The number of rotatable bonds is 15. The molecule has 1 saturated carbocycles. The molecule has 3 atom stereocenters. The first-order valence-electron chi connectivity index (χ1n) is 16.1. The van der Waals surface area contributed by atoms with Crippen molar-refractivity contribution in [2.24, 2.45) is 11.5 Å². The molecule has 0 aliphatic heterocycles. The molecule has 1 aliphatic carbocycles. The van der Waals surface area contributed by atoms with Gasteiger partial charge < -0.3 is 31.9 Å². The third kappa shape index (κ3) is 12.6. The maximum absolute atomic E-state index is 14.4. The van der Waals surface area contributed by atoms with Gasteiger partial charge in [-0.2, -0.15) is 0 Å². The van der Waals surface area contributed by atoms with Gasteiger partial charge in [0.25, 0.3) is 0 Å². The monoisotopic (exact) mass is 598 g/mol. The molecule has 8 N–H and O–H groups in total. The predicted molar refractivity (Wildman–Crippen MR) is 176 cm³/mol. The normalized spacial score (nSPS) is 17.8. The van der Waals surface area contributed by atoms with Crippen LogP contribution in [0.15, 0.2) is 54.6 Å². The van der Waals surface area contributed by atoms with Crippen molar-refractivity contribution in [3.63, 3.8) is 0 Å². The standard InChI is InChI=1S/C19H31NO2.C17H24FNO2/c1-3-5-12-19(22,11-4-2)13-9-16-7-6-8-17(15-16)18(21)10-14-20;18-16-13(5-4-6-14(16)15(20)8-12-19)7-11-17(21)9-2-1-3-10-17/h6-9,13,15,18,21-22H,3-5,10-12,14,20H2,1-2H3;4-7,11,15,20-21H,1-3,8-10,12,19H2/b13-9+;11-7+. The van der Waals surface area contributed by atoms with Gasteiger partial charge in [0, 0.05) is 11.1 Å². The largest absolute Gasteiger partial charge is 0.388 e. The molecule has 0 bridgehead atoms. The molecule has 0 spiro atoms. The molecule has 1 aliphatic rings. The molecule has 0 aromatic heterocycles. The first-order valence-corrected chi connectivity index (χ1v) is 16.1. The van der Waals surface area contributed by atoms with E-state index >= 15 is 0 Å². The van der Waals surface area contributed by atoms with E-state index < -0.39 is 29.2 Å². The Morgan fingerprint density at radius 1 is 0.907 bits per heavy atom. The van der Waals surface area contributed by atoms with Crippen LogP contribution in [0.1, 0.15) is 125 Å². The predicted octanol–water partition coefficient (Wildman–Crippen LogP) is 6.72. The lowest BCUT2D eigenvalue weighted by atomic mass is 9.84. The summed E-state index contributed by atoms with van der Waals surface area (Å²) in [4.78, 5) is 0. The smallest absolute Gasteiger partial charge is 0.136 e. The number of hydrogen-bond donors (Lipinski definition) is 6. The van der Waals surface area contributed by atoms with Crippen LogP contribution in [-0.4, -0.2) is 44.7 Å². The average molecular weight is 599 g/mol. The molecule has 1 fully saturated rings. The van der Waals surface area contributed by atoms with Crippen molar-refractivity contribution in [1.82, 2.24) is 0 Å². The number of unbranched alkanes of at least 4 members (excludes halogenated alkanes) is 1. The SMILES string of the molecule is CCCCC(O)(/C=C/c1cccc(C(O)CCN)c1)CCC.NCCC(O)c1cccc(/C=C/C2(O)CCCCC2)c1F. The summed E-state index contributed by atoms with van der Waals surface area (Å²) in [5.74, 6) is -0.436. The highest BCUT2D eigenvalue weighted by atomic mass is 19.1. The zero-order valence-electron chi connectivity index (χ0n) is 26.2. The number of aliphatic hydroxyl groups excluding tert-OH is 2. The van der Waals surface area contributed by atoms with Gasteiger partial charge in [-0.05, 0) is 68.8 Å². The van der Waals surface area contributed by atoms with Crippen molar-refractivity contribution < 1.29 is 24.8 Å². The van der Waals surface area contributed by atoms with E-state index in [0.717, 1.165) is 75.3 Å². The third-order valence-corrected chi connectivity index (χ3v) is 8.12. The van der Waals surface area contributed by atoms with E-state index in [-0.39, 0.29) is 5.56 Å². The minimum atomic E-state index is -0.888. The summed E-state index contributed by atoms with van der Waals surface area (Å²) in [5.41, 5.74) is 11.9. The molecule has 7 heteroatoms. The fraction of sp³-hybridized carbons (Fsp3) is 0.556. The van der Waals surface area contributed by atoms with Crippen LogP contribution < -0.4 is 11.5 Å². The van der Waals surface area contributed by atoms with E-state index in [1.807, 2.05) is 36.4 Å². The van der Waals surface area contributed by atoms with Gasteiger partial charge in [0.1, 0.15) is 5.82 Å². The Morgan fingerprint density at radius 3 is 2.23 bits per heavy atom. The lowest BCUT2D eigenvalue weighted by Gasteiger charge is -2.28. The Morgan fingerprint density at radius 2 is 1.58 bits per heavy atom. The molecule has 0 saturated heterocycles. The van der Waals surface area contributed by atoms with Crippen molar-refractivity contribution in [1.29, 1.82) is 0 Å². The molecule has 2 aromatic rings. The minimum absolute atomic E-state index is 0.262. The van der Waals surface area contributed by atoms with E-state index in [1.165, 1.54) is 0 Å². The summed E-state index contributed by atoms with van der Waals surface area (Å²) in [5, 5.41) is 41.0. The molecule has 2 aromatic carbocycles. The average Bonchev–Trinajstić information content (AvgIpc) is 3.00. The van der Waals surface area contributed by atoms with Gasteiger partial charge in [-0.1, -0.05) is 113 Å². The van der Waals surface area contributed by atoms with Gasteiger partial charge in [-0.25, -0.2) is 4.39 Å². The van der Waals surface area contributed by atoms with E-state index in [0.29, 0.717) is 31.5 Å². The maximum Gasteiger partial charge on any atom is 0.136 e. The van der Waals surface area contributed by atoms with Crippen molar-refractivity contribution in [2.45, 2.75) is 114 Å². The van der Waals surface area contributed by atoms with Crippen molar-refractivity contribution >= 4 is 12.2 Å². The maximum atomic E-state index is 14.4. The van der Waals surface area contributed by atoms with Crippen LogP contribution >= 0.6 is 0 Å². The molecule has 240 valence electrons. The van der Waals surface area contributed by atoms with Gasteiger partial charge in [0.15, 0.2) is 0 Å². The lowest BCUT2D eigenvalue weighted by molar-refractivity contribution is 0.0521. The first-order chi connectivity index (χ1) is 20.6. The fourth-order valence-electron chi connectivity index (χ4n) is 5.50. The van der Waals surface area contributed by atoms with E-state index in [4.69, 9.17) is 11.5 Å². The first kappa shape index (κ1) is 36.8. The van der Waals surface area contributed by atoms with Gasteiger partial charge in [-0.3, -0.25) is 0 Å². The quantitative estimate of drug-likeness (QED) is 0.135. The van der Waals surface area contributed by atoms with Gasteiger partial charge >= 0.3 is 0 Å². The molecule has 43 heavy (non-hydrogen) atoms. The van der Waals surface area contributed by atoms with Crippen molar-refractivity contribution in [2.75, 3.05) is 13.1 Å². The number of nitrogens with two attached hydrogens (primary N) is 2. The van der Waals surface area contributed by atoms with Crippen LogP contribution in [-0.2, 0) is 0 Å². The summed E-state index contributed by atoms with van der Waals surface area (Å²) in [6.45, 7) is 5.00. The highest BCUT2D eigenvalue weighted by Gasteiger charge is 2.26. The summed E-state index contributed by atoms with van der Waals surface area (Å²) < 4.78 is 14.4. The van der Waals surface area contributed by atoms with Crippen molar-refractivity contribution in [3.8, 4) is 0 Å². The topological polar surface area (TPSA) is 133 Å². The highest BCUT2D eigenvalue weighted by Crippen LogP contribution is 2.31. The number of halogens is 1.